The summed E-state index contributed by atoms with van der Waals surface area (Å²) in [6, 6.07) is 1.58. The van der Waals surface area contributed by atoms with Crippen LogP contribution >= 0.6 is 34.5 Å². The number of rotatable bonds is 3. The summed E-state index contributed by atoms with van der Waals surface area (Å²) in [4.78, 5) is 15.6. The van der Waals surface area contributed by atoms with E-state index in [1.54, 1.807) is 13.0 Å². The average Bonchev–Trinajstić information content (AvgIpc) is 2.80. The second-order valence-electron chi connectivity index (χ2n) is 3.46. The summed E-state index contributed by atoms with van der Waals surface area (Å²) in [6.45, 7) is 1.76. The van der Waals surface area contributed by atoms with Gasteiger partial charge in [-0.1, -0.05) is 41.5 Å². The van der Waals surface area contributed by atoms with E-state index in [1.165, 1.54) is 11.3 Å². The first-order chi connectivity index (χ1) is 8.56. The molecule has 4 N–H and O–H groups in total. The highest BCUT2D eigenvalue weighted by Gasteiger charge is 2.15. The largest absolute Gasteiger partial charge is 0.325 e. The van der Waals surface area contributed by atoms with Crippen molar-refractivity contribution < 1.29 is 4.79 Å². The highest BCUT2D eigenvalue weighted by Crippen LogP contribution is 2.40. The number of carbonyl (C=O) groups excluding carboxylic acids is 1. The molecule has 0 saturated heterocycles. The Morgan fingerprint density at radius 1 is 1.56 bits per heavy atom. The van der Waals surface area contributed by atoms with E-state index < -0.39 is 0 Å². The molecule has 2 aromatic rings. The van der Waals surface area contributed by atoms with E-state index in [-0.39, 0.29) is 5.91 Å². The Balaban J connectivity index is 2.56. The van der Waals surface area contributed by atoms with E-state index in [4.69, 9.17) is 29.0 Å². The number of benzene rings is 1. The molecule has 0 fully saturated rings. The van der Waals surface area contributed by atoms with Crippen molar-refractivity contribution in [3.05, 3.63) is 16.1 Å². The highest BCUT2D eigenvalue weighted by atomic mass is 35.5. The molecule has 18 heavy (non-hydrogen) atoms. The summed E-state index contributed by atoms with van der Waals surface area (Å²) in [5, 5.41) is 4.03. The lowest BCUT2D eigenvalue weighted by Gasteiger charge is -2.07. The molecule has 2 rings (SSSR count). The van der Waals surface area contributed by atoms with Gasteiger partial charge in [-0.3, -0.25) is 10.2 Å². The van der Waals surface area contributed by atoms with Crippen LogP contribution in [0.1, 0.15) is 13.3 Å². The van der Waals surface area contributed by atoms with Gasteiger partial charge in [0, 0.05) is 6.42 Å². The van der Waals surface area contributed by atoms with Crippen molar-refractivity contribution in [2.45, 2.75) is 13.3 Å². The molecule has 0 bridgehead atoms. The Kier molecular flexibility index (Phi) is 3.91. The average molecular weight is 305 g/mol. The molecular weight excluding hydrogens is 295 g/mol. The zero-order valence-electron chi connectivity index (χ0n) is 9.38. The van der Waals surface area contributed by atoms with Crippen molar-refractivity contribution in [1.82, 2.24) is 4.98 Å². The number of nitrogens with one attached hydrogen (secondary N) is 2. The molecule has 8 heteroatoms. The van der Waals surface area contributed by atoms with Gasteiger partial charge in [-0.05, 0) is 6.07 Å². The van der Waals surface area contributed by atoms with Crippen LogP contribution < -0.4 is 16.6 Å². The molecule has 0 atom stereocenters. The normalized spacial score (nSPS) is 10.7. The first kappa shape index (κ1) is 13.4. The lowest BCUT2D eigenvalue weighted by Crippen LogP contribution is -2.09. The number of hydrazine groups is 1. The van der Waals surface area contributed by atoms with E-state index in [0.717, 1.165) is 0 Å². The predicted molar refractivity (Wildman–Crippen MR) is 76.4 cm³/mol. The van der Waals surface area contributed by atoms with E-state index in [0.29, 0.717) is 37.5 Å². The van der Waals surface area contributed by atoms with Gasteiger partial charge in [0.25, 0.3) is 0 Å². The number of hydrogen-bond acceptors (Lipinski definition) is 5. The minimum Gasteiger partial charge on any atom is -0.325 e. The molecular formula is C10H10Cl2N4OS. The summed E-state index contributed by atoms with van der Waals surface area (Å²) in [7, 11) is 0. The number of aromatic nitrogens is 1. The monoisotopic (exact) mass is 304 g/mol. The molecule has 0 aliphatic carbocycles. The minimum atomic E-state index is -0.131. The summed E-state index contributed by atoms with van der Waals surface area (Å²) < 4.78 is 0.684. The van der Waals surface area contributed by atoms with Crippen LogP contribution in [0.3, 0.4) is 0 Å². The molecule has 0 aliphatic rings. The summed E-state index contributed by atoms with van der Waals surface area (Å²) in [6.07, 6.45) is 0.365. The van der Waals surface area contributed by atoms with Gasteiger partial charge in [0.15, 0.2) is 5.13 Å². The van der Waals surface area contributed by atoms with Crippen molar-refractivity contribution in [3.63, 3.8) is 0 Å². The maximum absolute atomic E-state index is 11.4. The number of halogens is 2. The Hall–Kier alpha value is -1.08. The molecule has 1 aromatic carbocycles. The standard InChI is InChI=1S/C10H10Cl2N4OS/c1-2-6(17)14-5-3-4(11)8-9(7(5)12)18-10(15-8)16-13/h3H,2,13H2,1H3,(H,14,17)(H,15,16). The zero-order chi connectivity index (χ0) is 13.3. The van der Waals surface area contributed by atoms with Crippen LogP contribution in [-0.4, -0.2) is 10.9 Å². The van der Waals surface area contributed by atoms with Crippen LogP contribution in [-0.2, 0) is 4.79 Å². The maximum Gasteiger partial charge on any atom is 0.224 e. The highest BCUT2D eigenvalue weighted by molar-refractivity contribution is 7.23. The molecule has 1 amide bonds. The number of anilines is 2. The first-order valence-electron chi connectivity index (χ1n) is 5.11. The zero-order valence-corrected chi connectivity index (χ0v) is 11.7. The smallest absolute Gasteiger partial charge is 0.224 e. The fourth-order valence-electron chi connectivity index (χ4n) is 1.40. The number of carbonyl (C=O) groups is 1. The number of fused-ring (bicyclic) bond motifs is 1. The van der Waals surface area contributed by atoms with Crippen LogP contribution in [0.5, 0.6) is 0 Å². The number of nitrogens with two attached hydrogens (primary N) is 1. The van der Waals surface area contributed by atoms with Gasteiger partial charge in [-0.2, -0.15) is 0 Å². The number of nitrogens with zero attached hydrogens (tertiary/aromatic N) is 1. The van der Waals surface area contributed by atoms with Crippen LogP contribution in [0.15, 0.2) is 6.07 Å². The number of hydrogen-bond donors (Lipinski definition) is 3. The summed E-state index contributed by atoms with van der Waals surface area (Å²) >= 11 is 13.6. The molecule has 0 spiro atoms. The lowest BCUT2D eigenvalue weighted by atomic mass is 10.3. The summed E-state index contributed by atoms with van der Waals surface area (Å²) in [5.41, 5.74) is 3.49. The quantitative estimate of drug-likeness (QED) is 0.601. The molecule has 0 aliphatic heterocycles. The van der Waals surface area contributed by atoms with E-state index in [2.05, 4.69) is 15.7 Å². The Morgan fingerprint density at radius 3 is 2.89 bits per heavy atom. The number of thiazole rings is 1. The molecule has 0 saturated carbocycles. The van der Waals surface area contributed by atoms with Gasteiger partial charge in [-0.15, -0.1) is 0 Å². The molecule has 0 unspecified atom stereocenters. The van der Waals surface area contributed by atoms with E-state index in [9.17, 15) is 4.79 Å². The third-order valence-corrected chi connectivity index (χ3v) is 4.08. The van der Waals surface area contributed by atoms with Crippen LogP contribution in [0.4, 0.5) is 10.8 Å². The van der Waals surface area contributed by atoms with Crippen LogP contribution in [0, 0.1) is 0 Å². The fraction of sp³-hybridized carbons (Fsp3) is 0.200. The second kappa shape index (κ2) is 5.27. The van der Waals surface area contributed by atoms with Crippen molar-refractivity contribution in [1.29, 1.82) is 0 Å². The molecule has 0 radical (unpaired) electrons. The Morgan fingerprint density at radius 2 is 2.28 bits per heavy atom. The Labute approximate surface area is 117 Å². The van der Waals surface area contributed by atoms with Crippen LogP contribution in [0.2, 0.25) is 10.0 Å². The predicted octanol–water partition coefficient (Wildman–Crippen LogP) is 3.24. The minimum absolute atomic E-state index is 0.131. The second-order valence-corrected chi connectivity index (χ2v) is 5.25. The number of nitrogen functional groups attached to an aromatic ring is 1. The van der Waals surface area contributed by atoms with Crippen molar-refractivity contribution >= 4 is 61.5 Å². The van der Waals surface area contributed by atoms with E-state index >= 15 is 0 Å². The van der Waals surface area contributed by atoms with Gasteiger partial charge < -0.3 is 5.32 Å². The molecule has 1 aromatic heterocycles. The van der Waals surface area contributed by atoms with Crippen molar-refractivity contribution in [2.24, 2.45) is 5.84 Å². The lowest BCUT2D eigenvalue weighted by molar-refractivity contribution is -0.115. The molecule has 5 nitrogen and oxygen atoms in total. The van der Waals surface area contributed by atoms with Crippen molar-refractivity contribution in [3.8, 4) is 0 Å². The van der Waals surface area contributed by atoms with Crippen LogP contribution in [0.25, 0.3) is 10.2 Å². The molecule has 1 heterocycles. The van der Waals surface area contributed by atoms with Gasteiger partial charge >= 0.3 is 0 Å². The van der Waals surface area contributed by atoms with Crippen molar-refractivity contribution in [2.75, 3.05) is 10.7 Å². The van der Waals surface area contributed by atoms with Gasteiger partial charge in [-0.25, -0.2) is 10.8 Å². The molecule has 96 valence electrons. The first-order valence-corrected chi connectivity index (χ1v) is 6.69. The fourth-order valence-corrected chi connectivity index (χ4v) is 2.85. The van der Waals surface area contributed by atoms with Gasteiger partial charge in [0.1, 0.15) is 5.52 Å². The van der Waals surface area contributed by atoms with Gasteiger partial charge in [0.2, 0.25) is 5.91 Å². The van der Waals surface area contributed by atoms with Gasteiger partial charge in [0.05, 0.1) is 20.4 Å². The topological polar surface area (TPSA) is 80.0 Å². The Bertz CT molecular complexity index is 613. The number of amides is 1. The third kappa shape index (κ3) is 2.37. The summed E-state index contributed by atoms with van der Waals surface area (Å²) in [5.74, 6) is 5.17. The maximum atomic E-state index is 11.4. The SMILES string of the molecule is CCC(=O)Nc1cc(Cl)c2nc(NN)sc2c1Cl. The van der Waals surface area contributed by atoms with E-state index in [1.807, 2.05) is 0 Å². The third-order valence-electron chi connectivity index (χ3n) is 2.28.